The maximum atomic E-state index is 13.3. The molecule has 0 unspecified atom stereocenters. The number of fused-ring (bicyclic) bond motifs is 1. The van der Waals surface area contributed by atoms with Gasteiger partial charge >= 0.3 is 5.69 Å². The van der Waals surface area contributed by atoms with Crippen LogP contribution < -0.4 is 11.2 Å². The second-order valence-electron chi connectivity index (χ2n) is 8.38. The summed E-state index contributed by atoms with van der Waals surface area (Å²) < 4.78 is 4.76. The van der Waals surface area contributed by atoms with Crippen LogP contribution in [0.2, 0.25) is 5.02 Å². The summed E-state index contributed by atoms with van der Waals surface area (Å²) in [5.41, 5.74) is 1.23. The molecule has 0 spiro atoms. The molecule has 1 aromatic carbocycles. The van der Waals surface area contributed by atoms with Gasteiger partial charge in [0.15, 0.2) is 11.2 Å². The van der Waals surface area contributed by atoms with Gasteiger partial charge < -0.3 is 4.57 Å². The van der Waals surface area contributed by atoms with E-state index in [1.54, 1.807) is 16.7 Å². The number of aryl methyl sites for hydroxylation is 3. The Morgan fingerprint density at radius 3 is 2.29 bits per heavy atom. The van der Waals surface area contributed by atoms with Gasteiger partial charge in [-0.15, -0.1) is 0 Å². The minimum Gasteiger partial charge on any atom is -0.325 e. The number of halogens is 1. The van der Waals surface area contributed by atoms with E-state index in [4.69, 9.17) is 11.6 Å². The van der Waals surface area contributed by atoms with Crippen LogP contribution in [0.1, 0.15) is 45.5 Å². The second kappa shape index (κ2) is 7.59. The molecule has 0 aliphatic rings. The lowest BCUT2D eigenvalue weighted by Gasteiger charge is -2.19. The lowest BCUT2D eigenvalue weighted by Crippen LogP contribution is -2.41. The van der Waals surface area contributed by atoms with Crippen LogP contribution in [0.5, 0.6) is 0 Å². The van der Waals surface area contributed by atoms with Gasteiger partial charge in [-0.2, -0.15) is 0 Å². The first-order valence-corrected chi connectivity index (χ1v) is 9.93. The fourth-order valence-corrected chi connectivity index (χ4v) is 3.41. The van der Waals surface area contributed by atoms with Gasteiger partial charge in [-0.1, -0.05) is 51.4 Å². The molecule has 0 fully saturated rings. The number of rotatable bonds is 5. The predicted octanol–water partition coefficient (Wildman–Crippen LogP) is 3.60. The van der Waals surface area contributed by atoms with E-state index >= 15 is 0 Å². The van der Waals surface area contributed by atoms with Crippen LogP contribution in [0.3, 0.4) is 0 Å². The Bertz CT molecular complexity index is 1110. The number of aromatic nitrogens is 4. The number of nitrogens with zero attached hydrogens (tertiary/aromatic N) is 4. The van der Waals surface area contributed by atoms with E-state index in [0.717, 1.165) is 17.8 Å². The third kappa shape index (κ3) is 3.92. The Kier molecular flexibility index (Phi) is 5.53. The van der Waals surface area contributed by atoms with Gasteiger partial charge in [0.2, 0.25) is 0 Å². The molecule has 0 atom stereocenters. The molecular formula is C21H27ClN4O2. The van der Waals surface area contributed by atoms with Crippen LogP contribution >= 0.6 is 11.6 Å². The number of benzene rings is 1. The van der Waals surface area contributed by atoms with Gasteiger partial charge in [-0.05, 0) is 29.5 Å². The topological polar surface area (TPSA) is 61.8 Å². The molecular weight excluding hydrogens is 376 g/mol. The molecule has 7 heteroatoms. The molecule has 0 N–H and O–H groups in total. The lowest BCUT2D eigenvalue weighted by molar-refractivity contribution is 0.346. The van der Waals surface area contributed by atoms with Gasteiger partial charge in [0.05, 0.1) is 6.54 Å². The van der Waals surface area contributed by atoms with Crippen molar-refractivity contribution < 1.29 is 0 Å². The van der Waals surface area contributed by atoms with Crippen molar-refractivity contribution in [2.75, 3.05) is 0 Å². The zero-order chi connectivity index (χ0) is 20.6. The van der Waals surface area contributed by atoms with E-state index in [2.05, 4.69) is 25.8 Å². The fourth-order valence-electron chi connectivity index (χ4n) is 3.28. The summed E-state index contributed by atoms with van der Waals surface area (Å²) >= 11 is 5.96. The zero-order valence-corrected chi connectivity index (χ0v) is 17.9. The number of hydrogen-bond donors (Lipinski definition) is 0. The first kappa shape index (κ1) is 20.4. The quantitative estimate of drug-likeness (QED) is 0.655. The molecule has 150 valence electrons. The van der Waals surface area contributed by atoms with E-state index in [1.165, 1.54) is 4.57 Å². The van der Waals surface area contributed by atoms with Gasteiger partial charge in [0.1, 0.15) is 5.82 Å². The minimum absolute atomic E-state index is 0.0608. The van der Waals surface area contributed by atoms with Gasteiger partial charge in [-0.25, -0.2) is 9.78 Å². The Labute approximate surface area is 169 Å². The van der Waals surface area contributed by atoms with Crippen molar-refractivity contribution in [2.45, 2.75) is 53.6 Å². The zero-order valence-electron chi connectivity index (χ0n) is 17.1. The van der Waals surface area contributed by atoms with Gasteiger partial charge in [0, 0.05) is 25.0 Å². The monoisotopic (exact) mass is 402 g/mol. The highest BCUT2D eigenvalue weighted by molar-refractivity contribution is 6.30. The Balaban J connectivity index is 2.22. The SMILES string of the molecule is CCc1nc2c(c(=O)n(Cc3ccc(Cl)cc3)c(=O)n2CCC(C)(C)C)n1C. The summed E-state index contributed by atoms with van der Waals surface area (Å²) in [4.78, 5) is 31.0. The standard InChI is InChI=1S/C21H27ClN4O2/c1-6-16-23-18-17(24(16)5)19(27)26(13-14-7-9-15(22)10-8-14)20(28)25(18)12-11-21(2,3)4/h7-10H,6,11-13H2,1-5H3. The summed E-state index contributed by atoms with van der Waals surface area (Å²) in [5.74, 6) is 0.792. The van der Waals surface area contributed by atoms with Gasteiger partial charge in [0.25, 0.3) is 5.56 Å². The van der Waals surface area contributed by atoms with Crippen molar-refractivity contribution in [3.8, 4) is 0 Å². The molecule has 2 heterocycles. The minimum atomic E-state index is -0.322. The molecule has 3 rings (SSSR count). The highest BCUT2D eigenvalue weighted by Crippen LogP contribution is 2.20. The van der Waals surface area contributed by atoms with Crippen LogP contribution in [0.25, 0.3) is 11.2 Å². The molecule has 0 amide bonds. The summed E-state index contributed by atoms with van der Waals surface area (Å²) in [7, 11) is 1.83. The third-order valence-electron chi connectivity index (χ3n) is 4.99. The maximum Gasteiger partial charge on any atom is 0.333 e. The Hall–Kier alpha value is -2.34. The van der Waals surface area contributed by atoms with E-state index in [-0.39, 0.29) is 23.2 Å². The van der Waals surface area contributed by atoms with Crippen molar-refractivity contribution in [1.82, 2.24) is 18.7 Å². The summed E-state index contributed by atoms with van der Waals surface area (Å²) in [6.45, 7) is 9.11. The van der Waals surface area contributed by atoms with Crippen molar-refractivity contribution in [1.29, 1.82) is 0 Å². The van der Waals surface area contributed by atoms with E-state index < -0.39 is 0 Å². The molecule has 0 aliphatic heterocycles. The molecule has 3 aromatic rings. The van der Waals surface area contributed by atoms with Crippen molar-refractivity contribution >= 4 is 22.8 Å². The van der Waals surface area contributed by atoms with Gasteiger partial charge in [-0.3, -0.25) is 13.9 Å². The van der Waals surface area contributed by atoms with Crippen LogP contribution in [-0.4, -0.2) is 18.7 Å². The predicted molar refractivity (Wildman–Crippen MR) is 113 cm³/mol. The van der Waals surface area contributed by atoms with Crippen LogP contribution in [-0.2, 0) is 26.6 Å². The molecule has 0 radical (unpaired) electrons. The first-order chi connectivity index (χ1) is 13.1. The molecule has 0 bridgehead atoms. The van der Waals surface area contributed by atoms with Crippen LogP contribution in [0.4, 0.5) is 0 Å². The normalized spacial score (nSPS) is 12.1. The highest BCUT2D eigenvalue weighted by atomic mass is 35.5. The first-order valence-electron chi connectivity index (χ1n) is 9.55. The number of hydrogen-bond acceptors (Lipinski definition) is 3. The van der Waals surface area contributed by atoms with E-state index in [1.807, 2.05) is 30.7 Å². The Morgan fingerprint density at radius 1 is 1.07 bits per heavy atom. The smallest absolute Gasteiger partial charge is 0.325 e. The Morgan fingerprint density at radius 2 is 1.71 bits per heavy atom. The third-order valence-corrected chi connectivity index (χ3v) is 5.24. The summed E-state index contributed by atoms with van der Waals surface area (Å²) in [5, 5.41) is 0.619. The van der Waals surface area contributed by atoms with Crippen LogP contribution in [0, 0.1) is 5.41 Å². The van der Waals surface area contributed by atoms with Crippen molar-refractivity contribution in [3.63, 3.8) is 0 Å². The molecule has 0 saturated carbocycles. The van der Waals surface area contributed by atoms with E-state index in [9.17, 15) is 9.59 Å². The average molecular weight is 403 g/mol. The maximum absolute atomic E-state index is 13.3. The second-order valence-corrected chi connectivity index (χ2v) is 8.81. The van der Waals surface area contributed by atoms with Crippen molar-refractivity contribution in [3.05, 3.63) is 61.5 Å². The highest BCUT2D eigenvalue weighted by Gasteiger charge is 2.21. The average Bonchev–Trinajstić information content (AvgIpc) is 2.95. The summed E-state index contributed by atoms with van der Waals surface area (Å²) in [6.07, 6.45) is 1.49. The molecule has 28 heavy (non-hydrogen) atoms. The fraction of sp³-hybridized carbons (Fsp3) is 0.476. The number of imidazole rings is 1. The lowest BCUT2D eigenvalue weighted by atomic mass is 9.92. The molecule has 2 aromatic heterocycles. The molecule has 0 saturated heterocycles. The largest absolute Gasteiger partial charge is 0.333 e. The molecule has 6 nitrogen and oxygen atoms in total. The van der Waals surface area contributed by atoms with Crippen LogP contribution in [0.15, 0.2) is 33.9 Å². The summed E-state index contributed by atoms with van der Waals surface area (Å²) in [6, 6.07) is 7.19. The molecule has 0 aliphatic carbocycles. The van der Waals surface area contributed by atoms with E-state index in [0.29, 0.717) is 29.2 Å². The van der Waals surface area contributed by atoms with Crippen molar-refractivity contribution in [2.24, 2.45) is 12.5 Å².